The number of aliphatic hydroxyl groups excluding tert-OH is 1. The van der Waals surface area contributed by atoms with Crippen LogP contribution in [0.2, 0.25) is 0 Å². The number of pyridine rings is 1. The summed E-state index contributed by atoms with van der Waals surface area (Å²) in [5.41, 5.74) is 2.76. The summed E-state index contributed by atoms with van der Waals surface area (Å²) in [6.07, 6.45) is 1.07. The lowest BCUT2D eigenvalue weighted by Crippen LogP contribution is -2.29. The van der Waals surface area contributed by atoms with Crippen LogP contribution in [0.5, 0.6) is 0 Å². The number of carboxylic acid groups (broad SMARTS) is 1. The highest BCUT2D eigenvalue weighted by atomic mass is 16.5. The summed E-state index contributed by atoms with van der Waals surface area (Å²) in [5, 5.41) is 26.8. The number of fused-ring (bicyclic) bond motifs is 4. The van der Waals surface area contributed by atoms with Gasteiger partial charge in [-0.1, -0.05) is 12.5 Å². The number of rotatable bonds is 3. The normalized spacial score (nSPS) is 18.5. The number of nitrogens with zero attached hydrogens (tertiary/aromatic N) is 1. The third kappa shape index (κ3) is 5.48. The van der Waals surface area contributed by atoms with E-state index in [9.17, 15) is 24.6 Å². The summed E-state index contributed by atoms with van der Waals surface area (Å²) in [6.45, 7) is -0.345. The van der Waals surface area contributed by atoms with Crippen LogP contribution < -0.4 is 16.0 Å². The van der Waals surface area contributed by atoms with Gasteiger partial charge in [0, 0.05) is 17.4 Å². The van der Waals surface area contributed by atoms with Gasteiger partial charge < -0.3 is 25.6 Å². The average Bonchev–Trinajstić information content (AvgIpc) is 2.75. The molecule has 0 fully saturated rings. The Morgan fingerprint density at radius 1 is 1.26 bits per heavy atom. The Morgan fingerprint density at radius 3 is 2.77 bits per heavy atom. The molecule has 10 nitrogen and oxygen atoms in total. The van der Waals surface area contributed by atoms with Gasteiger partial charge in [0.15, 0.2) is 0 Å². The summed E-state index contributed by atoms with van der Waals surface area (Å²) in [6, 6.07) is 7.93. The van der Waals surface area contributed by atoms with Crippen LogP contribution in [0.15, 0.2) is 36.5 Å². The van der Waals surface area contributed by atoms with Crippen LogP contribution in [0.25, 0.3) is 11.1 Å². The van der Waals surface area contributed by atoms with Crippen molar-refractivity contribution in [3.8, 4) is 11.1 Å². The van der Waals surface area contributed by atoms with E-state index in [1.165, 1.54) is 7.11 Å². The molecule has 0 radical (unpaired) electrons. The molecule has 0 spiro atoms. The topological polar surface area (TPSA) is 150 Å². The lowest BCUT2D eigenvalue weighted by Gasteiger charge is -2.22. The van der Waals surface area contributed by atoms with E-state index >= 15 is 0 Å². The van der Waals surface area contributed by atoms with Gasteiger partial charge in [0.25, 0.3) is 0 Å². The van der Waals surface area contributed by atoms with Crippen molar-refractivity contribution in [2.75, 3.05) is 24.4 Å². The first kappa shape index (κ1) is 22.0. The minimum Gasteiger partial charge on any atom is -0.465 e. The smallest absolute Gasteiger partial charge is 0.411 e. The Balaban J connectivity index is 2.09. The molecular weight excluding hydrogens is 404 g/mol. The number of benzene rings is 1. The molecule has 3 rings (SSSR count). The Kier molecular flexibility index (Phi) is 7.03. The van der Waals surface area contributed by atoms with Crippen LogP contribution in [0.3, 0.4) is 0 Å². The van der Waals surface area contributed by atoms with E-state index in [0.29, 0.717) is 47.5 Å². The fourth-order valence-corrected chi connectivity index (χ4v) is 3.50. The van der Waals surface area contributed by atoms with Crippen LogP contribution in [0, 0.1) is 5.92 Å². The van der Waals surface area contributed by atoms with Crippen molar-refractivity contribution in [1.82, 2.24) is 10.3 Å². The molecule has 5 N–H and O–H groups in total. The number of anilines is 2. The van der Waals surface area contributed by atoms with Crippen LogP contribution in [-0.4, -0.2) is 47.0 Å². The molecule has 1 aromatic heterocycles. The lowest BCUT2D eigenvalue weighted by atomic mass is 9.95. The summed E-state index contributed by atoms with van der Waals surface area (Å²) in [7, 11) is 1.25. The number of methoxy groups -OCH3 is 1. The number of ether oxygens (including phenoxy) is 1. The fraction of sp³-hybridized carbons (Fsp3) is 0.333. The SMILES string of the molecule is COC(=O)Nc1ccc2c(c1)NC(=O)[C@@H](CO)CCC[C@H](NC(=O)O)c1cc-2ccn1. The second-order valence-electron chi connectivity index (χ2n) is 7.15. The second kappa shape index (κ2) is 9.90. The standard InChI is InChI=1S/C21H24N4O6/c1-31-21(30)23-14-5-6-15-12-7-8-22-18(9-12)16(25-20(28)29)4-2-3-13(11-26)19(27)24-17(15)10-14/h5-10,13,16,25-26H,2-4,11H2,1H3,(H,23,30)(H,24,27)(H,28,29)/t13-,16+/m1/s1. The van der Waals surface area contributed by atoms with Gasteiger partial charge in [-0.2, -0.15) is 0 Å². The average molecular weight is 428 g/mol. The molecule has 2 heterocycles. The minimum atomic E-state index is -1.17. The van der Waals surface area contributed by atoms with E-state index in [1.807, 2.05) is 0 Å². The highest BCUT2D eigenvalue weighted by Gasteiger charge is 2.23. The molecule has 0 aliphatic carbocycles. The summed E-state index contributed by atoms with van der Waals surface area (Å²) in [4.78, 5) is 40.0. The van der Waals surface area contributed by atoms with E-state index in [-0.39, 0.29) is 12.5 Å². The highest BCUT2D eigenvalue weighted by molar-refractivity contribution is 5.98. The van der Waals surface area contributed by atoms with Gasteiger partial charge >= 0.3 is 12.2 Å². The molecule has 1 aromatic carbocycles. The third-order valence-corrected chi connectivity index (χ3v) is 5.09. The molecular formula is C21H24N4O6. The van der Waals surface area contributed by atoms with Gasteiger partial charge in [0.1, 0.15) is 0 Å². The summed E-state index contributed by atoms with van der Waals surface area (Å²) in [5.74, 6) is -1.03. The first-order valence-corrected chi connectivity index (χ1v) is 9.77. The molecule has 0 saturated heterocycles. The highest BCUT2D eigenvalue weighted by Crippen LogP contribution is 2.33. The van der Waals surface area contributed by atoms with E-state index in [2.05, 4.69) is 25.7 Å². The van der Waals surface area contributed by atoms with E-state index in [4.69, 9.17) is 0 Å². The fourth-order valence-electron chi connectivity index (χ4n) is 3.50. The molecule has 1 aliphatic rings. The van der Waals surface area contributed by atoms with Gasteiger partial charge in [-0.3, -0.25) is 15.1 Å². The molecule has 31 heavy (non-hydrogen) atoms. The van der Waals surface area contributed by atoms with E-state index in [1.54, 1.807) is 36.5 Å². The zero-order chi connectivity index (χ0) is 22.4. The lowest BCUT2D eigenvalue weighted by molar-refractivity contribution is -0.121. The van der Waals surface area contributed by atoms with Gasteiger partial charge in [-0.25, -0.2) is 9.59 Å². The number of hydrogen-bond donors (Lipinski definition) is 5. The van der Waals surface area contributed by atoms with Crippen molar-refractivity contribution >= 4 is 29.5 Å². The number of nitrogens with one attached hydrogen (secondary N) is 3. The molecule has 2 bridgehead atoms. The van der Waals surface area contributed by atoms with Crippen molar-refractivity contribution in [3.63, 3.8) is 0 Å². The second-order valence-corrected chi connectivity index (χ2v) is 7.15. The largest absolute Gasteiger partial charge is 0.465 e. The molecule has 0 saturated carbocycles. The number of carbonyl (C=O) groups excluding carboxylic acids is 2. The van der Waals surface area contributed by atoms with Crippen LogP contribution in [0.1, 0.15) is 31.0 Å². The third-order valence-electron chi connectivity index (χ3n) is 5.09. The van der Waals surface area contributed by atoms with Crippen LogP contribution >= 0.6 is 0 Å². The Hall–Kier alpha value is -3.66. The molecule has 3 amide bonds. The van der Waals surface area contributed by atoms with Gasteiger partial charge in [0.2, 0.25) is 5.91 Å². The zero-order valence-electron chi connectivity index (χ0n) is 16.9. The van der Waals surface area contributed by atoms with Gasteiger partial charge in [-0.05, 0) is 42.7 Å². The van der Waals surface area contributed by atoms with Crippen molar-refractivity contribution in [1.29, 1.82) is 0 Å². The summed E-state index contributed by atoms with van der Waals surface area (Å²) < 4.78 is 4.61. The number of amides is 3. The maximum Gasteiger partial charge on any atom is 0.411 e. The maximum atomic E-state index is 12.8. The zero-order valence-corrected chi connectivity index (χ0v) is 16.9. The molecule has 0 unspecified atom stereocenters. The number of aliphatic hydroxyl groups is 1. The van der Waals surface area contributed by atoms with Gasteiger partial charge in [-0.15, -0.1) is 0 Å². The Labute approximate surface area is 178 Å². The van der Waals surface area contributed by atoms with Crippen molar-refractivity contribution in [3.05, 3.63) is 42.2 Å². The van der Waals surface area contributed by atoms with Gasteiger partial charge in [0.05, 0.1) is 37.1 Å². The molecule has 2 atom stereocenters. The predicted molar refractivity (Wildman–Crippen MR) is 113 cm³/mol. The molecule has 2 aromatic rings. The quantitative estimate of drug-likeness (QED) is 0.504. The monoisotopic (exact) mass is 428 g/mol. The summed E-state index contributed by atoms with van der Waals surface area (Å²) >= 11 is 0. The number of carbonyl (C=O) groups is 3. The van der Waals surface area contributed by atoms with Crippen molar-refractivity contribution < 1.29 is 29.3 Å². The van der Waals surface area contributed by atoms with Crippen LogP contribution in [-0.2, 0) is 9.53 Å². The molecule has 164 valence electrons. The first-order valence-electron chi connectivity index (χ1n) is 9.77. The van der Waals surface area contributed by atoms with E-state index < -0.39 is 24.1 Å². The van der Waals surface area contributed by atoms with Crippen molar-refractivity contribution in [2.45, 2.75) is 25.3 Å². The van der Waals surface area contributed by atoms with E-state index in [0.717, 1.165) is 0 Å². The first-order chi connectivity index (χ1) is 14.9. The molecule has 1 aliphatic heterocycles. The Morgan fingerprint density at radius 2 is 2.06 bits per heavy atom. The maximum absolute atomic E-state index is 12.8. The molecule has 10 heteroatoms. The predicted octanol–water partition coefficient (Wildman–Crippen LogP) is 2.97. The number of hydrogen-bond acceptors (Lipinski definition) is 6. The number of aromatic nitrogens is 1. The minimum absolute atomic E-state index is 0.345. The van der Waals surface area contributed by atoms with Crippen LogP contribution in [0.4, 0.5) is 21.0 Å². The van der Waals surface area contributed by atoms with Crippen molar-refractivity contribution in [2.24, 2.45) is 5.92 Å². The Bertz CT molecular complexity index is 980.